The van der Waals surface area contributed by atoms with Crippen molar-refractivity contribution in [3.63, 3.8) is 0 Å². The van der Waals surface area contributed by atoms with Crippen LogP contribution in [0.1, 0.15) is 5.76 Å². The van der Waals surface area contributed by atoms with Gasteiger partial charge in [-0.1, -0.05) is 34.8 Å². The second-order valence-corrected chi connectivity index (χ2v) is 8.84. The maximum absolute atomic E-state index is 11.8. The van der Waals surface area contributed by atoms with Gasteiger partial charge in [-0.3, -0.25) is 5.10 Å². The largest absolute Gasteiger partial charge is 0.496 e. The van der Waals surface area contributed by atoms with Crippen LogP contribution in [0.4, 0.5) is 0 Å². The van der Waals surface area contributed by atoms with E-state index in [-0.39, 0.29) is 10.1 Å². The summed E-state index contributed by atoms with van der Waals surface area (Å²) in [6.45, 7) is 0. The van der Waals surface area contributed by atoms with E-state index in [9.17, 15) is 9.90 Å². The Bertz CT molecular complexity index is 1370. The number of carbonyl (C=O) groups is 1. The molecule has 0 bridgehead atoms. The molecule has 7 nitrogen and oxygen atoms in total. The lowest BCUT2D eigenvalue weighted by molar-refractivity contribution is -0.131. The van der Waals surface area contributed by atoms with Crippen molar-refractivity contribution in [2.24, 2.45) is 0 Å². The minimum Gasteiger partial charge on any atom is -0.496 e. The number of nitrogens with one attached hydrogen (secondary N) is 1. The molecule has 0 aliphatic carbocycles. The van der Waals surface area contributed by atoms with Gasteiger partial charge in [0.25, 0.3) is 0 Å². The molecule has 11 heteroatoms. The summed E-state index contributed by atoms with van der Waals surface area (Å²) in [5.74, 6) is 0.543. The summed E-state index contributed by atoms with van der Waals surface area (Å²) >= 11 is 19.2. The zero-order valence-electron chi connectivity index (χ0n) is 16.8. The molecular weight excluding hydrogens is 509 g/mol. The third kappa shape index (κ3) is 5.36. The van der Waals surface area contributed by atoms with Crippen LogP contribution < -0.4 is 4.74 Å². The third-order valence-corrected chi connectivity index (χ3v) is 6.06. The Morgan fingerprint density at radius 2 is 1.82 bits per heavy atom. The van der Waals surface area contributed by atoms with E-state index in [2.05, 4.69) is 15.2 Å². The highest BCUT2D eigenvalue weighted by Gasteiger charge is 2.17. The summed E-state index contributed by atoms with van der Waals surface area (Å²) in [6, 6.07) is 13.4. The predicted molar refractivity (Wildman–Crippen MR) is 129 cm³/mol. The maximum Gasteiger partial charge on any atom is 0.342 e. The van der Waals surface area contributed by atoms with Crippen LogP contribution in [0.5, 0.6) is 5.75 Å². The minimum absolute atomic E-state index is 0.0447. The van der Waals surface area contributed by atoms with Crippen molar-refractivity contribution in [1.29, 1.82) is 0 Å². The molecule has 0 fully saturated rings. The fraction of sp³-hybridized carbons (Fsp3) is 0.0455. The van der Waals surface area contributed by atoms with Crippen LogP contribution in [0, 0.1) is 0 Å². The monoisotopic (exact) mass is 521 g/mol. The molecule has 0 atom stereocenters. The quantitative estimate of drug-likeness (QED) is 0.201. The van der Waals surface area contributed by atoms with E-state index in [1.807, 2.05) is 0 Å². The summed E-state index contributed by atoms with van der Waals surface area (Å²) in [6.07, 6.45) is 1.38. The molecule has 2 aromatic heterocycles. The molecule has 0 aliphatic heterocycles. The molecular formula is C22H14Cl3N3O4S. The molecule has 4 aromatic rings. The standard InChI is InChI=1S/C22H14Cl3N3O4S/c1-31-17-6-3-12(24)9-15(17)20-26-22(28-27-20)33-19(21(29)30)10-13-4-7-18(32-13)14-8-11(23)2-5-16(14)25/h2-10H,1H3,(H,29,30)(H,26,27,28)/b19-10-. The van der Waals surface area contributed by atoms with Gasteiger partial charge in [-0.25, -0.2) is 9.78 Å². The van der Waals surface area contributed by atoms with Gasteiger partial charge >= 0.3 is 5.97 Å². The Labute approximate surface area is 207 Å². The smallest absolute Gasteiger partial charge is 0.342 e. The van der Waals surface area contributed by atoms with Crippen molar-refractivity contribution in [3.8, 4) is 28.5 Å². The molecule has 0 spiro atoms. The van der Waals surface area contributed by atoms with Gasteiger partial charge in [0.15, 0.2) is 5.82 Å². The van der Waals surface area contributed by atoms with Crippen LogP contribution in [0.25, 0.3) is 28.8 Å². The van der Waals surface area contributed by atoms with E-state index < -0.39 is 5.97 Å². The van der Waals surface area contributed by atoms with Crippen LogP contribution in [0.15, 0.2) is 63.0 Å². The topological polar surface area (TPSA) is 101 Å². The Hall–Kier alpha value is -2.91. The van der Waals surface area contributed by atoms with Crippen LogP contribution in [-0.4, -0.2) is 33.4 Å². The molecule has 0 amide bonds. The number of thioether (sulfide) groups is 1. The number of carboxylic acid groups (broad SMARTS) is 1. The number of aromatic amines is 1. The Balaban J connectivity index is 1.60. The zero-order valence-corrected chi connectivity index (χ0v) is 19.9. The van der Waals surface area contributed by atoms with Crippen LogP contribution >= 0.6 is 46.6 Å². The number of benzene rings is 2. The Kier molecular flexibility index (Phi) is 6.99. The number of furan rings is 1. The summed E-state index contributed by atoms with van der Waals surface area (Å²) < 4.78 is 11.1. The molecule has 2 N–H and O–H groups in total. The normalized spacial score (nSPS) is 11.6. The molecule has 0 unspecified atom stereocenters. The van der Waals surface area contributed by atoms with E-state index >= 15 is 0 Å². The maximum atomic E-state index is 11.8. The summed E-state index contributed by atoms with van der Waals surface area (Å²) in [5, 5.41) is 18.2. The minimum atomic E-state index is -1.16. The molecule has 0 saturated heterocycles. The molecule has 33 heavy (non-hydrogen) atoms. The highest BCUT2D eigenvalue weighted by molar-refractivity contribution is 8.04. The first-order chi connectivity index (χ1) is 15.8. The highest BCUT2D eigenvalue weighted by Crippen LogP contribution is 2.35. The summed E-state index contributed by atoms with van der Waals surface area (Å²) in [5.41, 5.74) is 1.20. The number of nitrogens with zero attached hydrogens (tertiary/aromatic N) is 2. The number of methoxy groups -OCH3 is 1. The molecule has 4 rings (SSSR count). The third-order valence-electron chi connectivity index (χ3n) is 4.39. The predicted octanol–water partition coefficient (Wildman–Crippen LogP) is 6.92. The first kappa shape index (κ1) is 23.3. The highest BCUT2D eigenvalue weighted by atomic mass is 35.5. The van der Waals surface area contributed by atoms with Gasteiger partial charge in [-0.15, -0.1) is 5.10 Å². The van der Waals surface area contributed by atoms with Crippen LogP contribution in [0.2, 0.25) is 15.1 Å². The second-order valence-electron chi connectivity index (χ2n) is 6.55. The first-order valence-corrected chi connectivity index (χ1v) is 11.2. The van der Waals surface area contributed by atoms with Crippen LogP contribution in [-0.2, 0) is 4.79 Å². The van der Waals surface area contributed by atoms with Crippen molar-refractivity contribution < 1.29 is 19.1 Å². The van der Waals surface area contributed by atoms with E-state index in [0.29, 0.717) is 49.3 Å². The van der Waals surface area contributed by atoms with Crippen LogP contribution in [0.3, 0.4) is 0 Å². The SMILES string of the molecule is COc1ccc(Cl)cc1-c1nc(S/C(=C\c2ccc(-c3cc(Cl)ccc3Cl)o2)C(=O)O)n[nH]1. The molecule has 2 heterocycles. The molecule has 0 saturated carbocycles. The number of halogens is 3. The number of aliphatic carboxylic acids is 1. The van der Waals surface area contributed by atoms with Gasteiger partial charge in [0.05, 0.1) is 17.7 Å². The number of aromatic nitrogens is 3. The van der Waals surface area contributed by atoms with Gasteiger partial charge in [-0.05, 0) is 60.3 Å². The number of rotatable bonds is 7. The van der Waals surface area contributed by atoms with E-state index in [4.69, 9.17) is 44.0 Å². The number of hydrogen-bond acceptors (Lipinski definition) is 6. The van der Waals surface area contributed by atoms with Gasteiger partial charge in [0, 0.05) is 21.7 Å². The van der Waals surface area contributed by atoms with Gasteiger partial charge < -0.3 is 14.3 Å². The lowest BCUT2D eigenvalue weighted by Crippen LogP contribution is -1.97. The zero-order chi connectivity index (χ0) is 23.5. The molecule has 0 aliphatic rings. The Morgan fingerprint density at radius 3 is 2.55 bits per heavy atom. The lowest BCUT2D eigenvalue weighted by Gasteiger charge is -2.05. The van der Waals surface area contributed by atoms with Gasteiger partial charge in [0.2, 0.25) is 5.16 Å². The van der Waals surface area contributed by atoms with Gasteiger partial charge in [-0.2, -0.15) is 0 Å². The lowest BCUT2D eigenvalue weighted by atomic mass is 10.2. The Morgan fingerprint density at radius 1 is 1.09 bits per heavy atom. The fourth-order valence-corrected chi connectivity index (χ4v) is 4.14. The number of ether oxygens (including phenoxy) is 1. The van der Waals surface area contributed by atoms with Gasteiger partial charge in [0.1, 0.15) is 22.2 Å². The second kappa shape index (κ2) is 9.93. The van der Waals surface area contributed by atoms with E-state index in [1.54, 1.807) is 48.5 Å². The number of H-pyrrole nitrogens is 1. The van der Waals surface area contributed by atoms with Crippen molar-refractivity contribution in [1.82, 2.24) is 15.2 Å². The van der Waals surface area contributed by atoms with E-state index in [1.165, 1.54) is 13.2 Å². The summed E-state index contributed by atoms with van der Waals surface area (Å²) in [4.78, 5) is 16.1. The fourth-order valence-electron chi connectivity index (χ4n) is 2.90. The van der Waals surface area contributed by atoms with E-state index in [0.717, 1.165) is 11.8 Å². The average molecular weight is 523 g/mol. The number of carboxylic acids is 1. The first-order valence-electron chi connectivity index (χ1n) is 9.28. The molecule has 0 radical (unpaired) electrons. The average Bonchev–Trinajstić information content (AvgIpc) is 3.44. The van der Waals surface area contributed by atoms with Crippen molar-refractivity contribution in [2.75, 3.05) is 7.11 Å². The number of hydrogen-bond donors (Lipinski definition) is 2. The van der Waals surface area contributed by atoms with Crippen molar-refractivity contribution in [3.05, 3.63) is 74.3 Å². The molecule has 2 aromatic carbocycles. The van der Waals surface area contributed by atoms with Crippen molar-refractivity contribution >= 4 is 58.6 Å². The molecule has 168 valence electrons. The van der Waals surface area contributed by atoms with Crippen molar-refractivity contribution in [2.45, 2.75) is 5.16 Å². The summed E-state index contributed by atoms with van der Waals surface area (Å²) in [7, 11) is 1.53.